The summed E-state index contributed by atoms with van der Waals surface area (Å²) in [7, 11) is 0. The van der Waals surface area contributed by atoms with Crippen molar-refractivity contribution in [2.24, 2.45) is 0 Å². The molecule has 14 heavy (non-hydrogen) atoms. The highest BCUT2D eigenvalue weighted by Crippen LogP contribution is 2.19. The van der Waals surface area contributed by atoms with Crippen LogP contribution in [0.2, 0.25) is 0 Å². The van der Waals surface area contributed by atoms with Crippen LogP contribution in [0, 0.1) is 0 Å². The maximum absolute atomic E-state index is 10.3. The van der Waals surface area contributed by atoms with Gasteiger partial charge in [0.1, 0.15) is 0 Å². The molecule has 0 aromatic heterocycles. The first-order valence-electron chi connectivity index (χ1n) is 5.04. The lowest BCUT2D eigenvalue weighted by atomic mass is 10.1. The van der Waals surface area contributed by atoms with Crippen LogP contribution in [0.3, 0.4) is 0 Å². The molecule has 4 heteroatoms. The molecule has 1 heterocycles. The normalized spacial score (nSPS) is 20.0. The van der Waals surface area contributed by atoms with Gasteiger partial charge in [0.25, 0.3) is 0 Å². The van der Waals surface area contributed by atoms with Crippen LogP contribution >= 0.6 is 0 Å². The monoisotopic (exact) mass is 199 g/mol. The average Bonchev–Trinajstić information content (AvgIpc) is 2.18. The fourth-order valence-electron chi connectivity index (χ4n) is 1.73. The van der Waals surface area contributed by atoms with E-state index in [9.17, 15) is 4.79 Å². The number of carboxylic acid groups (broad SMARTS) is 1. The molecule has 1 rings (SSSR count). The van der Waals surface area contributed by atoms with E-state index in [0.717, 1.165) is 44.3 Å². The molecule has 2 N–H and O–H groups in total. The summed E-state index contributed by atoms with van der Waals surface area (Å²) >= 11 is 0. The number of nitrogens with zero attached hydrogens (tertiary/aromatic N) is 1. The number of carboxylic acids is 1. The van der Waals surface area contributed by atoms with Crippen molar-refractivity contribution in [1.29, 1.82) is 0 Å². The lowest BCUT2D eigenvalue weighted by Gasteiger charge is -2.30. The summed E-state index contributed by atoms with van der Waals surface area (Å²) in [5.74, 6) is -0.753. The van der Waals surface area contributed by atoms with Crippen molar-refractivity contribution in [2.75, 3.05) is 13.1 Å². The van der Waals surface area contributed by atoms with Gasteiger partial charge in [-0.3, -0.25) is 4.79 Å². The molecule has 0 radical (unpaired) electrons. The molecule has 1 aliphatic rings. The summed E-state index contributed by atoms with van der Waals surface area (Å²) in [6.45, 7) is 1.67. The molecule has 0 aromatic rings. The number of carbonyl (C=O) groups is 1. The van der Waals surface area contributed by atoms with E-state index in [2.05, 4.69) is 4.90 Å². The standard InChI is InChI=1S/C10H17NO3/c12-8-9-4-1-2-6-11(9)7-3-5-10(13)14/h8,12H,1-7H2,(H,13,14)/b9-8-. The average molecular weight is 199 g/mol. The molecular formula is C10H17NO3. The Morgan fingerprint density at radius 2 is 2.29 bits per heavy atom. The van der Waals surface area contributed by atoms with Crippen molar-refractivity contribution in [1.82, 2.24) is 4.90 Å². The lowest BCUT2D eigenvalue weighted by Crippen LogP contribution is -2.29. The molecule has 1 saturated heterocycles. The quantitative estimate of drug-likeness (QED) is 0.677. The minimum absolute atomic E-state index is 0.204. The van der Waals surface area contributed by atoms with Gasteiger partial charge in [-0.2, -0.15) is 0 Å². The highest BCUT2D eigenvalue weighted by Gasteiger charge is 2.14. The fraction of sp³-hybridized carbons (Fsp3) is 0.700. The van der Waals surface area contributed by atoms with Crippen molar-refractivity contribution in [3.8, 4) is 0 Å². The van der Waals surface area contributed by atoms with Crippen LogP contribution in [0.4, 0.5) is 0 Å². The van der Waals surface area contributed by atoms with Crippen LogP contribution in [0.1, 0.15) is 32.1 Å². The highest BCUT2D eigenvalue weighted by molar-refractivity contribution is 5.66. The molecule has 1 fully saturated rings. The third-order valence-corrected chi connectivity index (χ3v) is 2.48. The second-order valence-corrected chi connectivity index (χ2v) is 3.56. The Labute approximate surface area is 83.8 Å². The first-order chi connectivity index (χ1) is 6.74. The van der Waals surface area contributed by atoms with Crippen LogP contribution in [-0.2, 0) is 4.79 Å². The zero-order chi connectivity index (χ0) is 10.4. The van der Waals surface area contributed by atoms with Gasteiger partial charge in [-0.15, -0.1) is 0 Å². The Morgan fingerprint density at radius 1 is 1.50 bits per heavy atom. The lowest BCUT2D eigenvalue weighted by molar-refractivity contribution is -0.137. The summed E-state index contributed by atoms with van der Waals surface area (Å²) in [5.41, 5.74) is 0.946. The van der Waals surface area contributed by atoms with E-state index >= 15 is 0 Å². The highest BCUT2D eigenvalue weighted by atomic mass is 16.4. The van der Waals surface area contributed by atoms with E-state index in [1.54, 1.807) is 0 Å². The van der Waals surface area contributed by atoms with Crippen LogP contribution < -0.4 is 0 Å². The third kappa shape index (κ3) is 3.28. The number of aliphatic hydroxyl groups is 1. The third-order valence-electron chi connectivity index (χ3n) is 2.48. The maximum Gasteiger partial charge on any atom is 0.303 e. The molecule has 0 amide bonds. The molecule has 0 atom stereocenters. The van der Waals surface area contributed by atoms with E-state index in [4.69, 9.17) is 10.2 Å². The van der Waals surface area contributed by atoms with E-state index in [1.807, 2.05) is 0 Å². The van der Waals surface area contributed by atoms with Gasteiger partial charge in [0.15, 0.2) is 0 Å². The Morgan fingerprint density at radius 3 is 2.93 bits per heavy atom. The number of rotatable bonds is 4. The van der Waals surface area contributed by atoms with Crippen molar-refractivity contribution >= 4 is 5.97 Å². The topological polar surface area (TPSA) is 60.8 Å². The van der Waals surface area contributed by atoms with Gasteiger partial charge in [0.2, 0.25) is 0 Å². The number of allylic oxidation sites excluding steroid dienone is 1. The van der Waals surface area contributed by atoms with Crippen molar-refractivity contribution < 1.29 is 15.0 Å². The predicted molar refractivity (Wildman–Crippen MR) is 53.0 cm³/mol. The fourth-order valence-corrected chi connectivity index (χ4v) is 1.73. The van der Waals surface area contributed by atoms with Crippen LogP contribution in [0.15, 0.2) is 12.0 Å². The number of aliphatic carboxylic acids is 1. The van der Waals surface area contributed by atoms with Crippen LogP contribution in [0.25, 0.3) is 0 Å². The van der Waals surface area contributed by atoms with Gasteiger partial charge in [0.05, 0.1) is 6.26 Å². The Hall–Kier alpha value is -1.19. The molecule has 0 aliphatic carbocycles. The van der Waals surface area contributed by atoms with Crippen LogP contribution in [-0.4, -0.2) is 34.2 Å². The van der Waals surface area contributed by atoms with Crippen molar-refractivity contribution in [3.63, 3.8) is 0 Å². The van der Waals surface area contributed by atoms with Gasteiger partial charge >= 0.3 is 5.97 Å². The van der Waals surface area contributed by atoms with Crippen molar-refractivity contribution in [2.45, 2.75) is 32.1 Å². The second-order valence-electron chi connectivity index (χ2n) is 3.56. The molecule has 1 aliphatic heterocycles. The van der Waals surface area contributed by atoms with Gasteiger partial charge in [-0.25, -0.2) is 0 Å². The van der Waals surface area contributed by atoms with E-state index in [-0.39, 0.29) is 6.42 Å². The van der Waals surface area contributed by atoms with E-state index < -0.39 is 5.97 Å². The minimum Gasteiger partial charge on any atom is -0.514 e. The zero-order valence-corrected chi connectivity index (χ0v) is 8.28. The first kappa shape index (κ1) is 10.9. The number of hydrogen-bond donors (Lipinski definition) is 2. The summed E-state index contributed by atoms with van der Waals surface area (Å²) in [5, 5.41) is 17.4. The van der Waals surface area contributed by atoms with Crippen LogP contribution in [0.5, 0.6) is 0 Å². The summed E-state index contributed by atoms with van der Waals surface area (Å²) in [6, 6.07) is 0. The molecule has 0 aromatic carbocycles. The number of likely N-dealkylation sites (tertiary alicyclic amines) is 1. The first-order valence-corrected chi connectivity index (χ1v) is 5.04. The molecule has 80 valence electrons. The summed E-state index contributed by atoms with van der Waals surface area (Å²) in [4.78, 5) is 12.4. The van der Waals surface area contributed by atoms with Gasteiger partial charge < -0.3 is 15.1 Å². The molecule has 0 bridgehead atoms. The Kier molecular flexibility index (Phi) is 4.29. The largest absolute Gasteiger partial charge is 0.514 e. The van der Waals surface area contributed by atoms with Gasteiger partial charge in [0, 0.05) is 25.2 Å². The summed E-state index contributed by atoms with van der Waals surface area (Å²) < 4.78 is 0. The van der Waals surface area contributed by atoms with Gasteiger partial charge in [-0.1, -0.05) is 0 Å². The minimum atomic E-state index is -0.753. The Balaban J connectivity index is 2.30. The number of aliphatic hydroxyl groups excluding tert-OH is 1. The molecule has 0 unspecified atom stereocenters. The predicted octanol–water partition coefficient (Wildman–Crippen LogP) is 1.74. The number of piperidine rings is 1. The van der Waals surface area contributed by atoms with E-state index in [0.29, 0.717) is 6.42 Å². The number of hydrogen-bond acceptors (Lipinski definition) is 3. The SMILES string of the molecule is O=C(O)CCCN1CCCC/C1=C/O. The van der Waals surface area contributed by atoms with E-state index in [1.165, 1.54) is 0 Å². The molecule has 0 spiro atoms. The van der Waals surface area contributed by atoms with Crippen molar-refractivity contribution in [3.05, 3.63) is 12.0 Å². The second kappa shape index (κ2) is 5.52. The maximum atomic E-state index is 10.3. The summed E-state index contributed by atoms with van der Waals surface area (Å²) in [6.07, 6.45) is 5.15. The molecule has 4 nitrogen and oxygen atoms in total. The molecule has 0 saturated carbocycles. The smallest absolute Gasteiger partial charge is 0.303 e. The Bertz CT molecular complexity index is 225. The van der Waals surface area contributed by atoms with Gasteiger partial charge in [-0.05, 0) is 25.7 Å². The zero-order valence-electron chi connectivity index (χ0n) is 8.28. The molecular weight excluding hydrogens is 182 g/mol.